The van der Waals surface area contributed by atoms with E-state index in [2.05, 4.69) is 15.3 Å². The number of anilines is 1. The number of aromatic nitrogens is 2. The van der Waals surface area contributed by atoms with E-state index in [0.29, 0.717) is 23.4 Å². The zero-order valence-corrected chi connectivity index (χ0v) is 16.3. The summed E-state index contributed by atoms with van der Waals surface area (Å²) in [4.78, 5) is 32.0. The van der Waals surface area contributed by atoms with E-state index in [4.69, 9.17) is 16.2 Å². The lowest BCUT2D eigenvalue weighted by molar-refractivity contribution is 0.0949. The predicted molar refractivity (Wildman–Crippen MR) is 110 cm³/mol. The molecule has 1 aromatic heterocycles. The molecule has 0 atom stereocenters. The number of nitrogens with two attached hydrogens (primary N) is 2. The van der Waals surface area contributed by atoms with Gasteiger partial charge in [0.05, 0.1) is 19.0 Å². The van der Waals surface area contributed by atoms with Crippen molar-refractivity contribution in [2.75, 3.05) is 12.8 Å². The number of methoxy groups -OCH3 is 1. The normalized spacial score (nSPS) is 10.4. The molecule has 1 heterocycles. The molecule has 30 heavy (non-hydrogen) atoms. The molecule has 9 nitrogen and oxygen atoms in total. The average Bonchev–Trinajstić information content (AvgIpc) is 2.74. The molecule has 154 valence electrons. The van der Waals surface area contributed by atoms with E-state index in [9.17, 15) is 14.7 Å². The number of nitrogens with zero attached hydrogens (tertiary/aromatic N) is 2. The van der Waals surface area contributed by atoms with Crippen LogP contribution in [-0.2, 0) is 13.0 Å². The first-order chi connectivity index (χ1) is 14.4. The minimum absolute atomic E-state index is 0.0229. The summed E-state index contributed by atoms with van der Waals surface area (Å²) in [5.74, 6) is -0.662. The largest absolute Gasteiger partial charge is 0.504 e. The van der Waals surface area contributed by atoms with E-state index in [0.717, 1.165) is 11.1 Å². The van der Waals surface area contributed by atoms with Gasteiger partial charge in [-0.25, -0.2) is 9.97 Å². The second kappa shape index (κ2) is 8.91. The van der Waals surface area contributed by atoms with Crippen molar-refractivity contribution in [1.82, 2.24) is 15.3 Å². The zero-order chi connectivity index (χ0) is 21.7. The third-order valence-electron chi connectivity index (χ3n) is 4.36. The Balaban J connectivity index is 1.70. The molecule has 3 rings (SSSR count). The number of amides is 2. The van der Waals surface area contributed by atoms with Gasteiger partial charge in [-0.05, 0) is 35.4 Å². The van der Waals surface area contributed by atoms with Gasteiger partial charge in [-0.3, -0.25) is 9.59 Å². The Morgan fingerprint density at radius 3 is 2.70 bits per heavy atom. The van der Waals surface area contributed by atoms with Crippen molar-refractivity contribution < 1.29 is 19.4 Å². The molecule has 3 aromatic rings. The standard InChI is InChI=1S/C21H21N5O4/c1-30-17-9-13(5-6-16(17)27)10-25-21(29)14-4-2-3-12(7-14)8-15-11-24-19(22)18(26-15)20(23)28/h2-7,9,11,27H,8,10H2,1H3,(H2,22,24)(H2,23,28)(H,25,29). The number of aromatic hydroxyl groups is 1. The van der Waals surface area contributed by atoms with Gasteiger partial charge in [0, 0.05) is 18.5 Å². The molecule has 0 fully saturated rings. The van der Waals surface area contributed by atoms with Gasteiger partial charge >= 0.3 is 0 Å². The number of nitrogen functional groups attached to an aromatic ring is 1. The number of phenolic OH excluding ortho intramolecular Hbond substituents is 1. The SMILES string of the molecule is COc1cc(CNC(=O)c2cccc(Cc3cnc(N)c(C(N)=O)n3)c2)ccc1O. The molecular formula is C21H21N5O4. The van der Waals surface area contributed by atoms with Gasteiger partial charge in [0.2, 0.25) is 0 Å². The number of benzene rings is 2. The van der Waals surface area contributed by atoms with Crippen LogP contribution in [0.25, 0.3) is 0 Å². The average molecular weight is 407 g/mol. The van der Waals surface area contributed by atoms with Gasteiger partial charge in [0.25, 0.3) is 11.8 Å². The summed E-state index contributed by atoms with van der Waals surface area (Å²) in [5, 5.41) is 12.5. The fourth-order valence-corrected chi connectivity index (χ4v) is 2.85. The lowest BCUT2D eigenvalue weighted by Crippen LogP contribution is -2.23. The number of ether oxygens (including phenoxy) is 1. The van der Waals surface area contributed by atoms with Crippen molar-refractivity contribution in [3.8, 4) is 11.5 Å². The smallest absolute Gasteiger partial charge is 0.271 e. The van der Waals surface area contributed by atoms with Crippen molar-refractivity contribution in [3.63, 3.8) is 0 Å². The van der Waals surface area contributed by atoms with E-state index in [1.165, 1.54) is 19.4 Å². The fraction of sp³-hybridized carbons (Fsp3) is 0.143. The molecule has 0 radical (unpaired) electrons. The highest BCUT2D eigenvalue weighted by Crippen LogP contribution is 2.26. The predicted octanol–water partition coefficient (Wildman–Crippen LogP) is 1.39. The quantitative estimate of drug-likeness (QED) is 0.461. The molecular weight excluding hydrogens is 386 g/mol. The van der Waals surface area contributed by atoms with Crippen LogP contribution in [-0.4, -0.2) is 34.0 Å². The second-order valence-corrected chi connectivity index (χ2v) is 6.53. The molecule has 0 saturated carbocycles. The molecule has 2 amide bonds. The number of carbonyl (C=O) groups is 2. The number of carbonyl (C=O) groups excluding carboxylic acids is 2. The van der Waals surface area contributed by atoms with Crippen LogP contribution in [0.1, 0.15) is 37.7 Å². The van der Waals surface area contributed by atoms with Crippen molar-refractivity contribution in [2.24, 2.45) is 5.73 Å². The van der Waals surface area contributed by atoms with E-state index in [1.807, 2.05) is 6.07 Å². The highest BCUT2D eigenvalue weighted by atomic mass is 16.5. The minimum Gasteiger partial charge on any atom is -0.504 e. The topological polar surface area (TPSA) is 153 Å². The number of hydrogen-bond acceptors (Lipinski definition) is 7. The fourth-order valence-electron chi connectivity index (χ4n) is 2.85. The highest BCUT2D eigenvalue weighted by molar-refractivity contribution is 5.95. The van der Waals surface area contributed by atoms with Crippen LogP contribution >= 0.6 is 0 Å². The van der Waals surface area contributed by atoms with Crippen LogP contribution in [0.3, 0.4) is 0 Å². The van der Waals surface area contributed by atoms with Crippen LogP contribution in [0.4, 0.5) is 5.82 Å². The Labute approximate surface area is 172 Å². The van der Waals surface area contributed by atoms with Crippen LogP contribution in [0.2, 0.25) is 0 Å². The summed E-state index contributed by atoms with van der Waals surface area (Å²) < 4.78 is 5.07. The number of rotatable bonds is 7. The molecule has 0 aliphatic carbocycles. The zero-order valence-electron chi connectivity index (χ0n) is 16.3. The Morgan fingerprint density at radius 1 is 1.17 bits per heavy atom. The van der Waals surface area contributed by atoms with E-state index >= 15 is 0 Å². The maximum absolute atomic E-state index is 12.5. The summed E-state index contributed by atoms with van der Waals surface area (Å²) in [5.41, 5.74) is 13.3. The van der Waals surface area contributed by atoms with Crippen LogP contribution < -0.4 is 21.5 Å². The first kappa shape index (κ1) is 20.6. The van der Waals surface area contributed by atoms with Gasteiger partial charge in [-0.1, -0.05) is 18.2 Å². The minimum atomic E-state index is -0.749. The first-order valence-corrected chi connectivity index (χ1v) is 9.01. The summed E-state index contributed by atoms with van der Waals surface area (Å²) in [7, 11) is 1.46. The van der Waals surface area contributed by atoms with Crippen molar-refractivity contribution in [2.45, 2.75) is 13.0 Å². The Kier molecular flexibility index (Phi) is 6.11. The Bertz CT molecular complexity index is 1100. The van der Waals surface area contributed by atoms with E-state index in [1.54, 1.807) is 30.3 Å². The number of primary amides is 1. The van der Waals surface area contributed by atoms with Crippen LogP contribution in [0.5, 0.6) is 11.5 Å². The lowest BCUT2D eigenvalue weighted by Gasteiger charge is -2.09. The number of nitrogens with one attached hydrogen (secondary N) is 1. The summed E-state index contributed by atoms with van der Waals surface area (Å²) in [6.07, 6.45) is 1.82. The maximum Gasteiger partial charge on any atom is 0.271 e. The Morgan fingerprint density at radius 2 is 1.97 bits per heavy atom. The maximum atomic E-state index is 12.5. The van der Waals surface area contributed by atoms with Crippen molar-refractivity contribution >= 4 is 17.6 Å². The molecule has 0 unspecified atom stereocenters. The second-order valence-electron chi connectivity index (χ2n) is 6.53. The third kappa shape index (κ3) is 4.82. The molecule has 6 N–H and O–H groups in total. The molecule has 0 spiro atoms. The summed E-state index contributed by atoms with van der Waals surface area (Å²) >= 11 is 0. The monoisotopic (exact) mass is 407 g/mol. The first-order valence-electron chi connectivity index (χ1n) is 9.01. The molecule has 2 aromatic carbocycles. The van der Waals surface area contributed by atoms with E-state index in [-0.39, 0.29) is 29.7 Å². The summed E-state index contributed by atoms with van der Waals surface area (Å²) in [6, 6.07) is 11.9. The number of phenols is 1. The molecule has 9 heteroatoms. The van der Waals surface area contributed by atoms with Gasteiger partial charge < -0.3 is 26.6 Å². The molecule has 0 saturated heterocycles. The highest BCUT2D eigenvalue weighted by Gasteiger charge is 2.12. The van der Waals surface area contributed by atoms with Gasteiger partial charge in [-0.15, -0.1) is 0 Å². The third-order valence-corrected chi connectivity index (χ3v) is 4.36. The van der Waals surface area contributed by atoms with Gasteiger partial charge in [-0.2, -0.15) is 0 Å². The molecule has 0 aliphatic heterocycles. The van der Waals surface area contributed by atoms with Crippen molar-refractivity contribution in [3.05, 3.63) is 76.7 Å². The van der Waals surface area contributed by atoms with Crippen LogP contribution in [0.15, 0.2) is 48.7 Å². The van der Waals surface area contributed by atoms with E-state index < -0.39 is 5.91 Å². The Hall–Kier alpha value is -4.14. The lowest BCUT2D eigenvalue weighted by atomic mass is 10.1. The molecule has 0 bridgehead atoms. The van der Waals surface area contributed by atoms with Crippen LogP contribution in [0, 0.1) is 0 Å². The van der Waals surface area contributed by atoms with Gasteiger partial charge in [0.1, 0.15) is 0 Å². The van der Waals surface area contributed by atoms with Gasteiger partial charge in [0.15, 0.2) is 23.0 Å². The molecule has 0 aliphatic rings. The van der Waals surface area contributed by atoms with Crippen molar-refractivity contribution in [1.29, 1.82) is 0 Å². The number of hydrogen-bond donors (Lipinski definition) is 4. The summed E-state index contributed by atoms with van der Waals surface area (Å²) in [6.45, 7) is 0.269.